The highest BCUT2D eigenvalue weighted by Gasteiger charge is 2.04. The Hall–Kier alpha value is -0.220. The first-order chi connectivity index (χ1) is 4.79. The van der Waals surface area contributed by atoms with Crippen molar-refractivity contribution >= 4 is 23.4 Å². The van der Waals surface area contributed by atoms with E-state index in [0.29, 0.717) is 5.88 Å². The first-order valence-electron chi connectivity index (χ1n) is 2.77. The fourth-order valence-electron chi connectivity index (χ4n) is 0.639. The minimum absolute atomic E-state index is 0.421. The molecule has 0 saturated carbocycles. The van der Waals surface area contributed by atoms with Gasteiger partial charge < -0.3 is 4.57 Å². The molecule has 10 heavy (non-hydrogen) atoms. The van der Waals surface area contributed by atoms with Crippen LogP contribution in [0.5, 0.6) is 0 Å². The van der Waals surface area contributed by atoms with Gasteiger partial charge in [-0.25, -0.2) is 0 Å². The summed E-state index contributed by atoms with van der Waals surface area (Å²) in [5.74, 6) is 1.23. The van der Waals surface area contributed by atoms with Crippen molar-refractivity contribution in [2.24, 2.45) is 7.05 Å². The number of aromatic nitrogens is 3. The Kier molecular flexibility index (Phi) is 2.56. The van der Waals surface area contributed by atoms with Crippen molar-refractivity contribution in [2.75, 3.05) is 6.26 Å². The quantitative estimate of drug-likeness (QED) is 0.504. The van der Waals surface area contributed by atoms with Crippen LogP contribution in [0.15, 0.2) is 5.16 Å². The van der Waals surface area contributed by atoms with Crippen molar-refractivity contribution in [3.05, 3.63) is 5.82 Å². The normalized spacial score (nSPS) is 10.3. The highest BCUT2D eigenvalue weighted by molar-refractivity contribution is 7.98. The number of rotatable bonds is 2. The van der Waals surface area contributed by atoms with Gasteiger partial charge in [-0.15, -0.1) is 21.8 Å². The van der Waals surface area contributed by atoms with Crippen molar-refractivity contribution in [2.45, 2.75) is 11.0 Å². The lowest BCUT2D eigenvalue weighted by atomic mass is 10.7. The molecule has 0 aliphatic heterocycles. The van der Waals surface area contributed by atoms with Crippen LogP contribution in [0.2, 0.25) is 0 Å². The highest BCUT2D eigenvalue weighted by Crippen LogP contribution is 2.11. The van der Waals surface area contributed by atoms with Gasteiger partial charge in [-0.3, -0.25) is 0 Å². The average molecular weight is 178 g/mol. The molecule has 0 aliphatic rings. The molecular formula is C5H8ClN3S. The second-order valence-corrected chi connectivity index (χ2v) is 2.84. The summed E-state index contributed by atoms with van der Waals surface area (Å²) in [6, 6.07) is 0. The molecule has 0 atom stereocenters. The van der Waals surface area contributed by atoms with Crippen LogP contribution in [-0.2, 0) is 12.9 Å². The van der Waals surface area contributed by atoms with Crippen molar-refractivity contribution in [1.29, 1.82) is 0 Å². The molecule has 0 aliphatic carbocycles. The molecule has 0 fully saturated rings. The molecular weight excluding hydrogens is 170 g/mol. The zero-order valence-corrected chi connectivity index (χ0v) is 7.41. The molecule has 0 bridgehead atoms. The number of hydrogen-bond acceptors (Lipinski definition) is 3. The van der Waals surface area contributed by atoms with Crippen molar-refractivity contribution in [3.8, 4) is 0 Å². The summed E-state index contributed by atoms with van der Waals surface area (Å²) in [7, 11) is 1.91. The van der Waals surface area contributed by atoms with E-state index in [1.165, 1.54) is 0 Å². The van der Waals surface area contributed by atoms with Crippen LogP contribution in [0.1, 0.15) is 5.82 Å². The van der Waals surface area contributed by atoms with Gasteiger partial charge in [0, 0.05) is 7.05 Å². The van der Waals surface area contributed by atoms with Gasteiger partial charge >= 0.3 is 0 Å². The molecule has 0 saturated heterocycles. The van der Waals surface area contributed by atoms with Crippen molar-refractivity contribution in [3.63, 3.8) is 0 Å². The standard InChI is InChI=1S/C5H8ClN3S/c1-9-4(3-6)7-8-5(9)10-2/h3H2,1-2H3. The molecule has 1 aromatic rings. The fourth-order valence-corrected chi connectivity index (χ4v) is 1.37. The lowest BCUT2D eigenvalue weighted by Gasteiger charge is -1.96. The zero-order chi connectivity index (χ0) is 7.56. The molecule has 56 valence electrons. The van der Waals surface area contributed by atoms with Gasteiger partial charge in [-0.1, -0.05) is 11.8 Å². The second kappa shape index (κ2) is 3.25. The highest BCUT2D eigenvalue weighted by atomic mass is 35.5. The van der Waals surface area contributed by atoms with Crippen LogP contribution >= 0.6 is 23.4 Å². The third-order valence-corrected chi connectivity index (χ3v) is 2.19. The fraction of sp³-hybridized carbons (Fsp3) is 0.600. The van der Waals surface area contributed by atoms with Crippen LogP contribution in [0.25, 0.3) is 0 Å². The largest absolute Gasteiger partial charge is 0.308 e. The van der Waals surface area contributed by atoms with Gasteiger partial charge in [-0.05, 0) is 6.26 Å². The van der Waals surface area contributed by atoms with Gasteiger partial charge in [0.25, 0.3) is 0 Å². The van der Waals surface area contributed by atoms with E-state index in [2.05, 4.69) is 10.2 Å². The van der Waals surface area contributed by atoms with Gasteiger partial charge in [-0.2, -0.15) is 0 Å². The lowest BCUT2D eigenvalue weighted by molar-refractivity contribution is 0.762. The number of nitrogens with zero attached hydrogens (tertiary/aromatic N) is 3. The summed E-state index contributed by atoms with van der Waals surface area (Å²) in [4.78, 5) is 0. The van der Waals surface area contributed by atoms with E-state index in [4.69, 9.17) is 11.6 Å². The predicted molar refractivity (Wildman–Crippen MR) is 42.3 cm³/mol. The smallest absolute Gasteiger partial charge is 0.190 e. The molecule has 5 heteroatoms. The number of alkyl halides is 1. The Morgan fingerprint density at radius 3 is 2.60 bits per heavy atom. The van der Waals surface area contributed by atoms with E-state index in [-0.39, 0.29) is 0 Å². The maximum absolute atomic E-state index is 5.57. The van der Waals surface area contributed by atoms with E-state index >= 15 is 0 Å². The van der Waals surface area contributed by atoms with Gasteiger partial charge in [0.15, 0.2) is 5.16 Å². The minimum Gasteiger partial charge on any atom is -0.308 e. The Bertz CT molecular complexity index is 201. The average Bonchev–Trinajstić information content (AvgIpc) is 2.30. The molecule has 3 nitrogen and oxygen atoms in total. The molecule has 0 unspecified atom stereocenters. The lowest BCUT2D eigenvalue weighted by Crippen LogP contribution is -1.95. The first kappa shape index (κ1) is 7.88. The van der Waals surface area contributed by atoms with Gasteiger partial charge in [0.1, 0.15) is 5.82 Å². The number of hydrogen-bond donors (Lipinski definition) is 0. The maximum Gasteiger partial charge on any atom is 0.190 e. The molecule has 0 amide bonds. The Labute approximate surface area is 68.8 Å². The molecule has 0 N–H and O–H groups in total. The zero-order valence-electron chi connectivity index (χ0n) is 5.83. The van der Waals surface area contributed by atoms with Crippen LogP contribution in [0.4, 0.5) is 0 Å². The van der Waals surface area contributed by atoms with E-state index in [1.807, 2.05) is 17.9 Å². The molecule has 1 heterocycles. The third-order valence-electron chi connectivity index (χ3n) is 1.23. The summed E-state index contributed by atoms with van der Waals surface area (Å²) in [6.07, 6.45) is 1.96. The van der Waals surface area contributed by atoms with E-state index in [9.17, 15) is 0 Å². The Morgan fingerprint density at radius 1 is 1.60 bits per heavy atom. The van der Waals surface area contributed by atoms with Crippen LogP contribution in [0, 0.1) is 0 Å². The van der Waals surface area contributed by atoms with Gasteiger partial charge in [0.2, 0.25) is 0 Å². The van der Waals surface area contributed by atoms with E-state index in [0.717, 1.165) is 11.0 Å². The molecule has 0 spiro atoms. The maximum atomic E-state index is 5.57. The third kappa shape index (κ3) is 1.27. The molecule has 0 radical (unpaired) electrons. The van der Waals surface area contributed by atoms with E-state index < -0.39 is 0 Å². The van der Waals surface area contributed by atoms with E-state index in [1.54, 1.807) is 11.8 Å². The summed E-state index contributed by atoms with van der Waals surface area (Å²) >= 11 is 7.13. The molecule has 0 aromatic carbocycles. The summed E-state index contributed by atoms with van der Waals surface area (Å²) in [6.45, 7) is 0. The monoisotopic (exact) mass is 177 g/mol. The number of halogens is 1. The first-order valence-corrected chi connectivity index (χ1v) is 4.53. The number of thioether (sulfide) groups is 1. The SMILES string of the molecule is CSc1nnc(CCl)n1C. The minimum atomic E-state index is 0.421. The topological polar surface area (TPSA) is 30.7 Å². The second-order valence-electron chi connectivity index (χ2n) is 1.80. The van der Waals surface area contributed by atoms with Gasteiger partial charge in [0.05, 0.1) is 5.88 Å². The van der Waals surface area contributed by atoms with Crippen molar-refractivity contribution in [1.82, 2.24) is 14.8 Å². The predicted octanol–water partition coefficient (Wildman–Crippen LogP) is 1.28. The molecule has 1 aromatic heterocycles. The summed E-state index contributed by atoms with van der Waals surface area (Å²) in [5, 5.41) is 8.66. The Morgan fingerprint density at radius 2 is 2.30 bits per heavy atom. The van der Waals surface area contributed by atoms with Crippen LogP contribution in [0.3, 0.4) is 0 Å². The summed E-state index contributed by atoms with van der Waals surface area (Å²) in [5.41, 5.74) is 0. The van der Waals surface area contributed by atoms with Crippen LogP contribution < -0.4 is 0 Å². The van der Waals surface area contributed by atoms with Crippen molar-refractivity contribution < 1.29 is 0 Å². The van der Waals surface area contributed by atoms with Crippen LogP contribution in [-0.4, -0.2) is 21.0 Å². The molecule has 1 rings (SSSR count). The summed E-state index contributed by atoms with van der Waals surface area (Å²) < 4.78 is 1.89. The Balaban J connectivity index is 2.97.